The maximum Gasteiger partial charge on any atom is 0.251 e. The Morgan fingerprint density at radius 1 is 1.16 bits per heavy atom. The summed E-state index contributed by atoms with van der Waals surface area (Å²) in [5, 5.41) is 2.91. The zero-order chi connectivity index (χ0) is 18.6. The highest BCUT2D eigenvalue weighted by Crippen LogP contribution is 2.23. The highest BCUT2D eigenvalue weighted by Gasteiger charge is 2.23. The van der Waals surface area contributed by atoms with Crippen molar-refractivity contribution in [3.8, 4) is 0 Å². The second-order valence-electron chi connectivity index (χ2n) is 6.86. The van der Waals surface area contributed by atoms with Crippen LogP contribution in [0.4, 0.5) is 0 Å². The van der Waals surface area contributed by atoms with Crippen LogP contribution >= 0.6 is 0 Å². The van der Waals surface area contributed by atoms with Gasteiger partial charge in [0.25, 0.3) is 5.91 Å². The van der Waals surface area contributed by atoms with Crippen LogP contribution in [0.15, 0.2) is 17.0 Å². The van der Waals surface area contributed by atoms with Crippen molar-refractivity contribution in [2.24, 2.45) is 0 Å². The summed E-state index contributed by atoms with van der Waals surface area (Å²) < 4.78 is 26.1. The van der Waals surface area contributed by atoms with Gasteiger partial charge in [-0.3, -0.25) is 4.79 Å². The Morgan fingerprint density at radius 3 is 2.40 bits per heavy atom. The van der Waals surface area contributed by atoms with Gasteiger partial charge in [0.1, 0.15) is 0 Å². The molecule has 25 heavy (non-hydrogen) atoms. The number of benzene rings is 1. The molecule has 140 valence electrons. The van der Waals surface area contributed by atoms with Gasteiger partial charge in [-0.05, 0) is 63.0 Å². The third kappa shape index (κ3) is 4.80. The third-order valence-electron chi connectivity index (χ3n) is 4.80. The van der Waals surface area contributed by atoms with E-state index < -0.39 is 10.0 Å². The maximum atomic E-state index is 12.5. The van der Waals surface area contributed by atoms with Crippen molar-refractivity contribution in [2.75, 3.05) is 40.3 Å². The van der Waals surface area contributed by atoms with Gasteiger partial charge in [-0.25, -0.2) is 12.7 Å². The Balaban J connectivity index is 2.10. The molecular weight excluding hydrogens is 338 g/mol. The van der Waals surface area contributed by atoms with Gasteiger partial charge in [0.2, 0.25) is 10.0 Å². The fourth-order valence-electron chi connectivity index (χ4n) is 3.04. The molecule has 1 amide bonds. The second-order valence-corrected chi connectivity index (χ2v) is 8.98. The van der Waals surface area contributed by atoms with E-state index in [1.54, 1.807) is 13.0 Å². The molecule has 1 aliphatic heterocycles. The number of carbonyl (C=O) groups excluding carboxylic acids is 1. The van der Waals surface area contributed by atoms with Gasteiger partial charge >= 0.3 is 0 Å². The Kier molecular flexibility index (Phi) is 6.59. The molecule has 1 fully saturated rings. The molecule has 2 rings (SSSR count). The van der Waals surface area contributed by atoms with E-state index in [0.717, 1.165) is 25.2 Å². The summed E-state index contributed by atoms with van der Waals surface area (Å²) in [5.74, 6) is -0.227. The molecule has 0 spiro atoms. The summed E-state index contributed by atoms with van der Waals surface area (Å²) in [6.07, 6.45) is 3.72. The average Bonchev–Trinajstić information content (AvgIpc) is 2.57. The molecule has 6 nitrogen and oxygen atoms in total. The number of hydrogen-bond acceptors (Lipinski definition) is 4. The van der Waals surface area contributed by atoms with Crippen LogP contribution in [0.5, 0.6) is 0 Å². The Labute approximate surface area is 151 Å². The summed E-state index contributed by atoms with van der Waals surface area (Å²) in [6, 6.07) is 3.23. The van der Waals surface area contributed by atoms with Crippen molar-refractivity contribution in [3.05, 3.63) is 28.8 Å². The largest absolute Gasteiger partial charge is 0.351 e. The lowest BCUT2D eigenvalue weighted by molar-refractivity contribution is 0.0946. The van der Waals surface area contributed by atoms with Crippen molar-refractivity contribution in [1.29, 1.82) is 0 Å². The molecule has 1 heterocycles. The topological polar surface area (TPSA) is 69.7 Å². The average molecular weight is 368 g/mol. The van der Waals surface area contributed by atoms with Gasteiger partial charge in [-0.2, -0.15) is 0 Å². The molecule has 0 aliphatic carbocycles. The maximum absolute atomic E-state index is 12.5. The van der Waals surface area contributed by atoms with Crippen LogP contribution in [0.3, 0.4) is 0 Å². The van der Waals surface area contributed by atoms with Crippen molar-refractivity contribution >= 4 is 15.9 Å². The van der Waals surface area contributed by atoms with Crippen LogP contribution < -0.4 is 5.32 Å². The molecule has 1 saturated heterocycles. The van der Waals surface area contributed by atoms with Crippen LogP contribution in [-0.2, 0) is 10.0 Å². The molecule has 0 aromatic heterocycles. The number of sulfonamides is 1. The lowest BCUT2D eigenvalue weighted by Crippen LogP contribution is -2.37. The van der Waals surface area contributed by atoms with Crippen molar-refractivity contribution in [3.63, 3.8) is 0 Å². The van der Waals surface area contributed by atoms with Gasteiger partial charge in [-0.1, -0.05) is 6.42 Å². The summed E-state index contributed by atoms with van der Waals surface area (Å²) in [4.78, 5) is 15.0. The van der Waals surface area contributed by atoms with E-state index in [0.29, 0.717) is 17.7 Å². The van der Waals surface area contributed by atoms with Gasteiger partial charge in [0.05, 0.1) is 4.90 Å². The van der Waals surface area contributed by atoms with Gasteiger partial charge in [-0.15, -0.1) is 0 Å². The number of likely N-dealkylation sites (tertiary alicyclic amines) is 1. The monoisotopic (exact) mass is 367 g/mol. The van der Waals surface area contributed by atoms with Crippen molar-refractivity contribution in [1.82, 2.24) is 14.5 Å². The molecule has 0 unspecified atom stereocenters. The molecule has 0 radical (unpaired) electrons. The van der Waals surface area contributed by atoms with Gasteiger partial charge < -0.3 is 10.2 Å². The summed E-state index contributed by atoms with van der Waals surface area (Å²) in [6.45, 7) is 7.18. The van der Waals surface area contributed by atoms with E-state index in [1.807, 2.05) is 6.92 Å². The molecule has 0 bridgehead atoms. The lowest BCUT2D eigenvalue weighted by Gasteiger charge is -2.26. The fourth-order valence-corrected chi connectivity index (χ4v) is 4.25. The van der Waals surface area contributed by atoms with Crippen LogP contribution in [0.2, 0.25) is 0 Å². The molecule has 1 aromatic carbocycles. The van der Waals surface area contributed by atoms with E-state index in [9.17, 15) is 13.2 Å². The molecule has 1 aromatic rings. The van der Waals surface area contributed by atoms with Crippen LogP contribution in [-0.4, -0.2) is 63.8 Å². The van der Waals surface area contributed by atoms with E-state index >= 15 is 0 Å². The molecule has 1 aliphatic rings. The van der Waals surface area contributed by atoms with Gasteiger partial charge in [0, 0.05) is 32.7 Å². The molecule has 0 atom stereocenters. The molecular formula is C18H29N3O3S. The van der Waals surface area contributed by atoms with Crippen molar-refractivity contribution < 1.29 is 13.2 Å². The number of nitrogens with zero attached hydrogens (tertiary/aromatic N) is 2. The summed E-state index contributed by atoms with van der Waals surface area (Å²) in [5.41, 5.74) is 1.87. The first-order valence-electron chi connectivity index (χ1n) is 8.78. The Bertz CT molecular complexity index is 723. The Morgan fingerprint density at radius 2 is 1.80 bits per heavy atom. The first-order chi connectivity index (χ1) is 11.7. The summed E-state index contributed by atoms with van der Waals surface area (Å²) in [7, 11) is -0.588. The third-order valence-corrected chi connectivity index (χ3v) is 6.74. The first-order valence-corrected chi connectivity index (χ1v) is 10.2. The first kappa shape index (κ1) is 19.9. The summed E-state index contributed by atoms with van der Waals surface area (Å²) >= 11 is 0. The number of rotatable bonds is 6. The molecule has 7 heteroatoms. The number of aryl methyl sites for hydroxylation is 1. The number of amides is 1. The minimum Gasteiger partial charge on any atom is -0.351 e. The quantitative estimate of drug-likeness (QED) is 0.832. The number of hydrogen-bond donors (Lipinski definition) is 1. The van der Waals surface area contributed by atoms with Crippen LogP contribution in [0, 0.1) is 13.8 Å². The number of piperidine rings is 1. The second kappa shape index (κ2) is 8.29. The predicted octanol–water partition coefficient (Wildman–Crippen LogP) is 1.77. The predicted molar refractivity (Wildman–Crippen MR) is 99.4 cm³/mol. The highest BCUT2D eigenvalue weighted by molar-refractivity contribution is 7.89. The number of carbonyl (C=O) groups is 1. The normalized spacial score (nSPS) is 16.2. The van der Waals surface area contributed by atoms with Crippen LogP contribution in [0.1, 0.15) is 40.7 Å². The minimum atomic E-state index is -3.58. The minimum absolute atomic E-state index is 0.193. The van der Waals surface area contributed by atoms with E-state index in [4.69, 9.17) is 0 Å². The Hall–Kier alpha value is -1.44. The van der Waals surface area contributed by atoms with Crippen LogP contribution in [0.25, 0.3) is 0 Å². The molecule has 0 saturated carbocycles. The zero-order valence-corrected chi connectivity index (χ0v) is 16.4. The SMILES string of the molecule is Cc1cc(C(=O)NCCN2CCCCC2)cc(S(=O)(=O)N(C)C)c1C. The highest BCUT2D eigenvalue weighted by atomic mass is 32.2. The lowest BCUT2D eigenvalue weighted by atomic mass is 10.1. The number of nitrogens with one attached hydrogen (secondary N) is 1. The van der Waals surface area contributed by atoms with Crippen molar-refractivity contribution in [2.45, 2.75) is 38.0 Å². The molecule has 1 N–H and O–H groups in total. The van der Waals surface area contributed by atoms with E-state index in [2.05, 4.69) is 10.2 Å². The smallest absolute Gasteiger partial charge is 0.251 e. The van der Waals surface area contributed by atoms with E-state index in [-0.39, 0.29) is 10.8 Å². The standard InChI is InChI=1S/C18H29N3O3S/c1-14-12-16(13-17(15(14)2)25(23,24)20(3)4)18(22)19-8-11-21-9-6-5-7-10-21/h12-13H,5-11H2,1-4H3,(H,19,22). The fraction of sp³-hybridized carbons (Fsp3) is 0.611. The zero-order valence-electron chi connectivity index (χ0n) is 15.6. The van der Waals surface area contributed by atoms with Gasteiger partial charge in [0.15, 0.2) is 0 Å². The van der Waals surface area contributed by atoms with E-state index in [1.165, 1.54) is 43.7 Å².